The maximum atomic E-state index is 11.3. The summed E-state index contributed by atoms with van der Waals surface area (Å²) >= 11 is 16.9. The number of halogens is 3. The summed E-state index contributed by atoms with van der Waals surface area (Å²) in [7, 11) is -3.51. The number of hydrogen-bond acceptors (Lipinski definition) is 2. The van der Waals surface area contributed by atoms with E-state index in [9.17, 15) is 9.46 Å². The Hall–Kier alpha value is 0.210. The first-order chi connectivity index (χ1) is 5.84. The SMILES string of the molecule is CP(=O)(O)c1c(Cl)cnc(Cl)c1Cl. The van der Waals surface area contributed by atoms with Crippen LogP contribution in [0, 0.1) is 0 Å². The van der Waals surface area contributed by atoms with E-state index in [1.165, 1.54) is 6.20 Å². The van der Waals surface area contributed by atoms with Crippen LogP contribution in [0.5, 0.6) is 0 Å². The zero-order valence-corrected chi connectivity index (χ0v) is 9.62. The van der Waals surface area contributed by atoms with Crippen molar-refractivity contribution in [3.05, 3.63) is 21.4 Å². The van der Waals surface area contributed by atoms with Crippen molar-refractivity contribution in [2.75, 3.05) is 6.66 Å². The summed E-state index contributed by atoms with van der Waals surface area (Å²) in [5, 5.41) is -0.0988. The summed E-state index contributed by atoms with van der Waals surface area (Å²) in [4.78, 5) is 12.9. The average molecular weight is 260 g/mol. The van der Waals surface area contributed by atoms with Crippen molar-refractivity contribution in [1.29, 1.82) is 0 Å². The standard InChI is InChI=1S/C6H5Cl3NO2P/c1-13(11,12)5-3(7)2-10-6(9)4(5)8/h2H,1H3,(H,11,12). The largest absolute Gasteiger partial charge is 0.341 e. The lowest BCUT2D eigenvalue weighted by molar-refractivity contribution is 0.496. The van der Waals surface area contributed by atoms with Crippen molar-refractivity contribution in [3.8, 4) is 0 Å². The summed E-state index contributed by atoms with van der Waals surface area (Å²) in [6.07, 6.45) is 1.19. The lowest BCUT2D eigenvalue weighted by Crippen LogP contribution is -2.08. The van der Waals surface area contributed by atoms with Crippen LogP contribution in [0.1, 0.15) is 0 Å². The summed E-state index contributed by atoms with van der Waals surface area (Å²) < 4.78 is 11.3. The predicted molar refractivity (Wildman–Crippen MR) is 54.7 cm³/mol. The molecule has 3 nitrogen and oxygen atoms in total. The van der Waals surface area contributed by atoms with Crippen LogP contribution < -0.4 is 5.30 Å². The third-order valence-corrected chi connectivity index (χ3v) is 3.92. The maximum absolute atomic E-state index is 11.3. The molecule has 0 amide bonds. The molecule has 0 aromatic carbocycles. The quantitative estimate of drug-likeness (QED) is 0.623. The number of rotatable bonds is 1. The van der Waals surface area contributed by atoms with Crippen molar-refractivity contribution < 1.29 is 9.46 Å². The molecule has 1 aromatic rings. The molecule has 1 rings (SSSR count). The molecule has 0 bridgehead atoms. The molecule has 7 heteroatoms. The molecule has 0 saturated heterocycles. The average Bonchev–Trinajstić information content (AvgIpc) is 1.95. The molecule has 0 spiro atoms. The van der Waals surface area contributed by atoms with E-state index in [1.54, 1.807) is 0 Å². The highest BCUT2D eigenvalue weighted by atomic mass is 35.5. The van der Waals surface area contributed by atoms with Crippen LogP contribution in [0.25, 0.3) is 0 Å². The Labute approximate surface area is 90.1 Å². The molecular formula is C6H5Cl3NO2P. The summed E-state index contributed by atoms with van der Waals surface area (Å²) in [5.41, 5.74) is 0. The molecule has 1 N–H and O–H groups in total. The first-order valence-corrected chi connectivity index (χ1v) is 6.38. The zero-order valence-electron chi connectivity index (χ0n) is 6.46. The van der Waals surface area contributed by atoms with Gasteiger partial charge in [0.2, 0.25) is 7.37 Å². The summed E-state index contributed by atoms with van der Waals surface area (Å²) in [6.45, 7) is 1.14. The number of nitrogens with zero attached hydrogens (tertiary/aromatic N) is 1. The number of aromatic nitrogens is 1. The van der Waals surface area contributed by atoms with E-state index in [2.05, 4.69) is 4.98 Å². The lowest BCUT2D eigenvalue weighted by atomic mass is 10.5. The molecule has 0 fully saturated rings. The molecule has 0 aliphatic carbocycles. The fraction of sp³-hybridized carbons (Fsp3) is 0.167. The lowest BCUT2D eigenvalue weighted by Gasteiger charge is -2.09. The van der Waals surface area contributed by atoms with Crippen LogP contribution in [-0.2, 0) is 4.57 Å². The Kier molecular flexibility index (Phi) is 3.26. The van der Waals surface area contributed by atoms with Gasteiger partial charge in [-0.3, -0.25) is 4.57 Å². The van der Waals surface area contributed by atoms with Gasteiger partial charge in [-0.25, -0.2) is 4.98 Å². The number of hydrogen-bond donors (Lipinski definition) is 1. The van der Waals surface area contributed by atoms with E-state index < -0.39 is 7.37 Å². The molecule has 0 saturated carbocycles. The molecule has 0 radical (unpaired) electrons. The van der Waals surface area contributed by atoms with Crippen molar-refractivity contribution in [3.63, 3.8) is 0 Å². The van der Waals surface area contributed by atoms with E-state index in [1.807, 2.05) is 0 Å². The van der Waals surface area contributed by atoms with E-state index >= 15 is 0 Å². The van der Waals surface area contributed by atoms with Crippen LogP contribution >= 0.6 is 42.2 Å². The highest BCUT2D eigenvalue weighted by Gasteiger charge is 2.23. The predicted octanol–water partition coefficient (Wildman–Crippen LogP) is 2.57. The maximum Gasteiger partial charge on any atom is 0.229 e. The number of pyridine rings is 1. The van der Waals surface area contributed by atoms with E-state index in [0.29, 0.717) is 0 Å². The third kappa shape index (κ3) is 2.36. The van der Waals surface area contributed by atoms with Crippen LogP contribution in [0.2, 0.25) is 15.2 Å². The van der Waals surface area contributed by atoms with Crippen molar-refractivity contribution in [1.82, 2.24) is 4.98 Å². The Morgan fingerprint density at radius 2 is 2.00 bits per heavy atom. The highest BCUT2D eigenvalue weighted by molar-refractivity contribution is 7.65. The fourth-order valence-electron chi connectivity index (χ4n) is 0.814. The van der Waals surface area contributed by atoms with Crippen molar-refractivity contribution >= 4 is 47.5 Å². The van der Waals surface area contributed by atoms with E-state index in [4.69, 9.17) is 34.8 Å². The molecule has 1 aromatic heterocycles. The van der Waals surface area contributed by atoms with Crippen LogP contribution in [0.3, 0.4) is 0 Å². The Morgan fingerprint density at radius 1 is 1.46 bits per heavy atom. The van der Waals surface area contributed by atoms with Crippen molar-refractivity contribution in [2.45, 2.75) is 0 Å². The monoisotopic (exact) mass is 259 g/mol. The van der Waals surface area contributed by atoms with Gasteiger partial charge in [-0.2, -0.15) is 0 Å². The molecule has 1 unspecified atom stereocenters. The molecule has 1 heterocycles. The topological polar surface area (TPSA) is 50.2 Å². The smallest absolute Gasteiger partial charge is 0.229 e. The summed E-state index contributed by atoms with van der Waals surface area (Å²) in [5.74, 6) is 0. The molecule has 13 heavy (non-hydrogen) atoms. The first kappa shape index (κ1) is 11.3. The highest BCUT2D eigenvalue weighted by Crippen LogP contribution is 2.41. The summed E-state index contributed by atoms with van der Waals surface area (Å²) in [6, 6.07) is 0. The molecule has 72 valence electrons. The third-order valence-electron chi connectivity index (χ3n) is 1.32. The van der Waals surface area contributed by atoms with Gasteiger partial charge < -0.3 is 4.89 Å². The van der Waals surface area contributed by atoms with Gasteiger partial charge in [0, 0.05) is 12.9 Å². The fourth-order valence-corrected chi connectivity index (χ4v) is 3.23. The van der Waals surface area contributed by atoms with Gasteiger partial charge in [0.05, 0.1) is 15.3 Å². The van der Waals surface area contributed by atoms with Gasteiger partial charge in [0.1, 0.15) is 5.15 Å². The second-order valence-electron chi connectivity index (χ2n) is 2.44. The minimum Gasteiger partial charge on any atom is -0.341 e. The minimum absolute atomic E-state index is 0.0304. The molecule has 0 aliphatic rings. The van der Waals surface area contributed by atoms with Gasteiger partial charge in [-0.1, -0.05) is 34.8 Å². The second kappa shape index (κ2) is 3.76. The molecular weight excluding hydrogens is 255 g/mol. The van der Waals surface area contributed by atoms with Gasteiger partial charge in [-0.05, 0) is 0 Å². The van der Waals surface area contributed by atoms with Gasteiger partial charge >= 0.3 is 0 Å². The Morgan fingerprint density at radius 3 is 2.38 bits per heavy atom. The Balaban J connectivity index is 3.52. The Bertz CT molecular complexity index is 390. The van der Waals surface area contributed by atoms with Gasteiger partial charge in [0.15, 0.2) is 0 Å². The van der Waals surface area contributed by atoms with E-state index in [-0.39, 0.29) is 20.5 Å². The van der Waals surface area contributed by atoms with Crippen LogP contribution in [-0.4, -0.2) is 16.5 Å². The van der Waals surface area contributed by atoms with Crippen LogP contribution in [0.15, 0.2) is 6.20 Å². The second-order valence-corrected chi connectivity index (χ2v) is 5.79. The van der Waals surface area contributed by atoms with Gasteiger partial charge in [-0.15, -0.1) is 0 Å². The van der Waals surface area contributed by atoms with Crippen molar-refractivity contribution in [2.24, 2.45) is 0 Å². The molecule has 0 aliphatic heterocycles. The minimum atomic E-state index is -3.51. The van der Waals surface area contributed by atoms with Gasteiger partial charge in [0.25, 0.3) is 0 Å². The molecule has 1 atom stereocenters. The first-order valence-electron chi connectivity index (χ1n) is 3.14. The zero-order chi connectivity index (χ0) is 10.2. The van der Waals surface area contributed by atoms with E-state index in [0.717, 1.165) is 6.66 Å². The van der Waals surface area contributed by atoms with Crippen LogP contribution in [0.4, 0.5) is 0 Å². The normalized spacial score (nSPS) is 15.5.